The molecule has 0 radical (unpaired) electrons. The van der Waals surface area contributed by atoms with Crippen LogP contribution in [-0.4, -0.2) is 17.9 Å². The van der Waals surface area contributed by atoms with E-state index in [4.69, 9.17) is 0 Å². The highest BCUT2D eigenvalue weighted by molar-refractivity contribution is 5.96. The first-order valence-corrected chi connectivity index (χ1v) is 13.4. The summed E-state index contributed by atoms with van der Waals surface area (Å²) in [6.07, 6.45) is 11.7. The lowest BCUT2D eigenvalue weighted by atomic mass is 9.34. The van der Waals surface area contributed by atoms with E-state index in [0.29, 0.717) is 18.1 Å². The van der Waals surface area contributed by atoms with Gasteiger partial charge in [0.15, 0.2) is 5.78 Å². The first-order chi connectivity index (χ1) is 15.2. The smallest absolute Gasteiger partial charge is 0.159 e. The average molecular weight is 453 g/mol. The zero-order valence-electron chi connectivity index (χ0n) is 22.0. The van der Waals surface area contributed by atoms with Crippen LogP contribution in [0.2, 0.25) is 0 Å². The van der Waals surface area contributed by atoms with Crippen molar-refractivity contribution in [1.82, 2.24) is 0 Å². The van der Waals surface area contributed by atoms with Crippen LogP contribution in [-0.2, 0) is 14.4 Å². The Balaban J connectivity index is 1.65. The molecular weight excluding hydrogens is 408 g/mol. The molecule has 0 aliphatic heterocycles. The standard InChI is InChI=1S/C30H44O3/c1-25(2)12-14-30(18-31)15-13-29(7)24(19(30)17-25)20(32)16-22-27(5)10-9-23(33)26(3,4)21(27)8-11-28(22,29)6/h16,18-19,21,24H,8-15,17H2,1-7H3/t19?,21-,24?,27-,28+,29+,30+/m0/s1. The summed E-state index contributed by atoms with van der Waals surface area (Å²) in [5, 5.41) is 0. The van der Waals surface area contributed by atoms with E-state index in [0.717, 1.165) is 51.4 Å². The number of hydrogen-bond acceptors (Lipinski definition) is 3. The normalized spacial score (nSPS) is 50.3. The number of rotatable bonds is 1. The van der Waals surface area contributed by atoms with Crippen molar-refractivity contribution in [2.45, 2.75) is 106 Å². The number of aldehydes is 1. The van der Waals surface area contributed by atoms with Crippen molar-refractivity contribution in [2.75, 3.05) is 0 Å². The molecule has 4 fully saturated rings. The third kappa shape index (κ3) is 2.77. The third-order valence-corrected chi connectivity index (χ3v) is 12.4. The number of fused-ring (bicyclic) bond motifs is 7. The lowest BCUT2D eigenvalue weighted by molar-refractivity contribution is -0.175. The topological polar surface area (TPSA) is 51.2 Å². The zero-order valence-corrected chi connectivity index (χ0v) is 22.0. The van der Waals surface area contributed by atoms with Crippen LogP contribution in [0.15, 0.2) is 11.6 Å². The molecule has 3 heteroatoms. The molecule has 0 aromatic carbocycles. The predicted molar refractivity (Wildman–Crippen MR) is 131 cm³/mol. The van der Waals surface area contributed by atoms with Crippen LogP contribution in [0.25, 0.3) is 0 Å². The Hall–Kier alpha value is -1.25. The van der Waals surface area contributed by atoms with E-state index >= 15 is 0 Å². The fraction of sp³-hybridized carbons (Fsp3) is 0.833. The van der Waals surface area contributed by atoms with E-state index in [1.54, 1.807) is 0 Å². The molecule has 0 amide bonds. The van der Waals surface area contributed by atoms with Gasteiger partial charge >= 0.3 is 0 Å². The van der Waals surface area contributed by atoms with Crippen LogP contribution < -0.4 is 0 Å². The lowest BCUT2D eigenvalue weighted by Gasteiger charge is -2.69. The van der Waals surface area contributed by atoms with Gasteiger partial charge in [0.05, 0.1) is 0 Å². The minimum atomic E-state index is -0.331. The molecule has 4 saturated carbocycles. The molecular formula is C30H44O3. The number of ketones is 2. The molecule has 0 saturated heterocycles. The largest absolute Gasteiger partial charge is 0.303 e. The maximum atomic E-state index is 14.1. The molecule has 182 valence electrons. The average Bonchev–Trinajstić information content (AvgIpc) is 2.72. The summed E-state index contributed by atoms with van der Waals surface area (Å²) in [5.41, 5.74) is 0.587. The monoisotopic (exact) mass is 452 g/mol. The molecule has 0 spiro atoms. The van der Waals surface area contributed by atoms with E-state index < -0.39 is 0 Å². The molecule has 5 aliphatic rings. The highest BCUT2D eigenvalue weighted by atomic mass is 16.1. The highest BCUT2D eigenvalue weighted by Gasteiger charge is 2.69. The maximum absolute atomic E-state index is 14.1. The van der Waals surface area contributed by atoms with Gasteiger partial charge in [-0.15, -0.1) is 0 Å². The van der Waals surface area contributed by atoms with E-state index in [2.05, 4.69) is 48.5 Å². The Labute approximate surface area is 200 Å². The van der Waals surface area contributed by atoms with Crippen LogP contribution in [0, 0.1) is 50.2 Å². The molecule has 2 unspecified atom stereocenters. The van der Waals surface area contributed by atoms with Crippen LogP contribution in [0.4, 0.5) is 0 Å². The van der Waals surface area contributed by atoms with E-state index in [1.807, 2.05) is 6.08 Å². The molecule has 0 aromatic heterocycles. The summed E-state index contributed by atoms with van der Waals surface area (Å²) in [6.45, 7) is 16.1. The van der Waals surface area contributed by atoms with Gasteiger partial charge in [0.2, 0.25) is 0 Å². The molecule has 0 heterocycles. The second-order valence-corrected chi connectivity index (χ2v) is 14.7. The van der Waals surface area contributed by atoms with Gasteiger partial charge in [-0.2, -0.15) is 0 Å². The first kappa shape index (κ1) is 23.5. The van der Waals surface area contributed by atoms with E-state index in [1.165, 1.54) is 11.9 Å². The fourth-order valence-corrected chi connectivity index (χ4v) is 10.1. The zero-order chi connectivity index (χ0) is 24.2. The van der Waals surface area contributed by atoms with Gasteiger partial charge in [-0.05, 0) is 90.9 Å². The van der Waals surface area contributed by atoms with Crippen LogP contribution in [0.3, 0.4) is 0 Å². The number of hydrogen-bond donors (Lipinski definition) is 0. The summed E-state index contributed by atoms with van der Waals surface area (Å²) in [4.78, 5) is 39.6. The van der Waals surface area contributed by atoms with Crippen LogP contribution in [0.1, 0.15) is 106 Å². The molecule has 7 atom stereocenters. The lowest BCUT2D eigenvalue weighted by Crippen LogP contribution is -2.65. The van der Waals surface area contributed by atoms with Crippen molar-refractivity contribution in [3.05, 3.63) is 11.6 Å². The van der Waals surface area contributed by atoms with Crippen LogP contribution >= 0.6 is 0 Å². The number of Topliss-reactive ketones (excluding diaryl/α,β-unsaturated/α-hetero) is 1. The van der Waals surface area contributed by atoms with Gasteiger partial charge in [0.25, 0.3) is 0 Å². The SMILES string of the molecule is CC1(C)CC[C@]2(C=O)CC[C@]3(C)C(C(=O)C=C4[C@@]5(C)CCC(=O)C(C)(C)[C@@H]5CC[C@]43C)C2C1. The first-order valence-electron chi connectivity index (χ1n) is 13.4. The van der Waals surface area contributed by atoms with E-state index in [-0.39, 0.29) is 50.1 Å². The van der Waals surface area contributed by atoms with Gasteiger partial charge in [-0.25, -0.2) is 0 Å². The van der Waals surface area contributed by atoms with Crippen molar-refractivity contribution >= 4 is 17.9 Å². The van der Waals surface area contributed by atoms with Crippen molar-refractivity contribution in [3.63, 3.8) is 0 Å². The molecule has 5 rings (SSSR count). The van der Waals surface area contributed by atoms with Crippen molar-refractivity contribution < 1.29 is 14.4 Å². The number of carbonyl (C=O) groups excluding carboxylic acids is 3. The second kappa shape index (κ2) is 6.70. The quantitative estimate of drug-likeness (QED) is 0.414. The Morgan fingerprint density at radius 2 is 1.55 bits per heavy atom. The summed E-state index contributed by atoms with van der Waals surface area (Å²) in [7, 11) is 0. The third-order valence-electron chi connectivity index (χ3n) is 12.4. The Morgan fingerprint density at radius 1 is 0.879 bits per heavy atom. The minimum Gasteiger partial charge on any atom is -0.303 e. The van der Waals surface area contributed by atoms with Gasteiger partial charge in [0, 0.05) is 23.2 Å². The number of allylic oxidation sites excluding steroid dienone is 2. The summed E-state index contributed by atoms with van der Waals surface area (Å²) in [5.74, 6) is 1.04. The number of carbonyl (C=O) groups is 3. The molecule has 0 bridgehead atoms. The summed E-state index contributed by atoms with van der Waals surface area (Å²) in [6, 6.07) is 0. The second-order valence-electron chi connectivity index (χ2n) is 14.7. The molecule has 5 aliphatic carbocycles. The van der Waals surface area contributed by atoms with Gasteiger partial charge in [-0.3, -0.25) is 9.59 Å². The molecule has 33 heavy (non-hydrogen) atoms. The van der Waals surface area contributed by atoms with E-state index in [9.17, 15) is 14.4 Å². The van der Waals surface area contributed by atoms with Gasteiger partial charge in [-0.1, -0.05) is 54.0 Å². The Kier molecular flexibility index (Phi) is 4.77. The molecule has 0 N–H and O–H groups in total. The predicted octanol–water partition coefficient (Wildman–Crippen LogP) is 6.74. The van der Waals surface area contributed by atoms with Crippen molar-refractivity contribution in [2.24, 2.45) is 50.2 Å². The van der Waals surface area contributed by atoms with Gasteiger partial charge in [0.1, 0.15) is 12.1 Å². The fourth-order valence-electron chi connectivity index (χ4n) is 10.1. The summed E-state index contributed by atoms with van der Waals surface area (Å²) >= 11 is 0. The Morgan fingerprint density at radius 3 is 2.21 bits per heavy atom. The van der Waals surface area contributed by atoms with Crippen molar-refractivity contribution in [1.29, 1.82) is 0 Å². The highest BCUT2D eigenvalue weighted by Crippen LogP contribution is 2.74. The summed E-state index contributed by atoms with van der Waals surface area (Å²) < 4.78 is 0. The Bertz CT molecular complexity index is 956. The van der Waals surface area contributed by atoms with Crippen molar-refractivity contribution in [3.8, 4) is 0 Å². The minimum absolute atomic E-state index is 0.0517. The van der Waals surface area contributed by atoms with Gasteiger partial charge < -0.3 is 4.79 Å². The maximum Gasteiger partial charge on any atom is 0.159 e. The van der Waals surface area contributed by atoms with Crippen LogP contribution in [0.5, 0.6) is 0 Å². The molecule has 0 aromatic rings. The molecule has 3 nitrogen and oxygen atoms in total.